The summed E-state index contributed by atoms with van der Waals surface area (Å²) in [5.41, 5.74) is 1.47. The molecule has 2 saturated heterocycles. The first-order valence-corrected chi connectivity index (χ1v) is 10.7. The number of aromatic nitrogens is 2. The van der Waals surface area contributed by atoms with E-state index in [1.807, 2.05) is 47.1 Å². The minimum atomic E-state index is -0.303. The molecule has 9 nitrogen and oxygen atoms in total. The van der Waals surface area contributed by atoms with Crippen LogP contribution in [0.2, 0.25) is 0 Å². The lowest BCUT2D eigenvalue weighted by atomic mass is 10.2. The number of nitrogens with one attached hydrogen (secondary N) is 1. The quantitative estimate of drug-likeness (QED) is 0.761. The molecule has 2 aliphatic rings. The predicted octanol–water partition coefficient (Wildman–Crippen LogP) is 0.746. The second kappa shape index (κ2) is 9.07. The van der Waals surface area contributed by atoms with Crippen LogP contribution in [0.4, 0.5) is 5.69 Å². The molecule has 2 fully saturated rings. The fraction of sp³-hybridized carbons (Fsp3) is 0.500. The number of hydrogen-bond acceptors (Lipinski definition) is 5. The van der Waals surface area contributed by atoms with Crippen molar-refractivity contribution in [1.82, 2.24) is 19.2 Å². The van der Waals surface area contributed by atoms with E-state index in [4.69, 9.17) is 4.74 Å². The van der Waals surface area contributed by atoms with Crippen molar-refractivity contribution >= 4 is 17.5 Å². The van der Waals surface area contributed by atoms with Crippen molar-refractivity contribution in [3.8, 4) is 5.69 Å². The summed E-state index contributed by atoms with van der Waals surface area (Å²) in [5.74, 6) is -0.173. The predicted molar refractivity (Wildman–Crippen MR) is 116 cm³/mol. The van der Waals surface area contributed by atoms with Crippen LogP contribution < -0.4 is 10.9 Å². The Bertz CT molecular complexity index is 999. The number of hydrogen-bond donors (Lipinski definition) is 1. The molecule has 1 aromatic carbocycles. The molecule has 0 bridgehead atoms. The summed E-state index contributed by atoms with van der Waals surface area (Å²) in [4.78, 5) is 41.9. The van der Waals surface area contributed by atoms with Gasteiger partial charge in [0.15, 0.2) is 0 Å². The molecule has 4 rings (SSSR count). The van der Waals surface area contributed by atoms with Gasteiger partial charge >= 0.3 is 0 Å². The minimum absolute atomic E-state index is 0.0583. The zero-order valence-corrected chi connectivity index (χ0v) is 18.0. The molecule has 1 atom stereocenters. The van der Waals surface area contributed by atoms with Crippen molar-refractivity contribution in [3.63, 3.8) is 0 Å². The molecule has 0 saturated carbocycles. The molecule has 9 heteroatoms. The third-order valence-electron chi connectivity index (χ3n) is 6.07. The van der Waals surface area contributed by atoms with Gasteiger partial charge in [0.25, 0.3) is 11.5 Å². The van der Waals surface area contributed by atoms with Gasteiger partial charge in [-0.2, -0.15) is 0 Å². The van der Waals surface area contributed by atoms with Crippen LogP contribution in [0.3, 0.4) is 0 Å². The van der Waals surface area contributed by atoms with Gasteiger partial charge in [-0.15, -0.1) is 0 Å². The maximum Gasteiger partial charge on any atom is 0.295 e. The molecule has 1 N–H and O–H groups in total. The first-order valence-electron chi connectivity index (χ1n) is 10.7. The number of nitrogens with zero attached hydrogens (tertiary/aromatic N) is 4. The van der Waals surface area contributed by atoms with Crippen LogP contribution in [-0.4, -0.2) is 76.4 Å². The third kappa shape index (κ3) is 4.42. The van der Waals surface area contributed by atoms with Crippen LogP contribution in [0, 0.1) is 6.92 Å². The van der Waals surface area contributed by atoms with Gasteiger partial charge in [-0.05, 0) is 31.9 Å². The number of ether oxygens (including phenoxy) is 1. The van der Waals surface area contributed by atoms with Crippen molar-refractivity contribution in [2.45, 2.75) is 25.9 Å². The fourth-order valence-electron chi connectivity index (χ4n) is 4.20. The summed E-state index contributed by atoms with van der Waals surface area (Å²) >= 11 is 0. The highest BCUT2D eigenvalue weighted by Crippen LogP contribution is 2.17. The second-order valence-electron chi connectivity index (χ2n) is 8.09. The number of rotatable bonds is 5. The molecule has 0 spiro atoms. The van der Waals surface area contributed by atoms with Crippen LogP contribution in [0.1, 0.15) is 18.5 Å². The SMILES string of the molecule is Cc1c(NC(=O)CN2CCN(C(=O)[C@H]3CCCO3)CC2)c(=O)n(-c2ccccc2)n1C. The van der Waals surface area contributed by atoms with Crippen LogP contribution >= 0.6 is 0 Å². The average molecular weight is 428 g/mol. The standard InChI is InChI=1S/C22H29N5O4/c1-16-20(22(30)27(24(16)2)17-7-4-3-5-8-17)23-19(28)15-25-10-12-26(13-11-25)21(29)18-9-6-14-31-18/h3-5,7-8,18H,6,9-15H2,1-2H3,(H,23,28)/t18-/m1/s1. The van der Waals surface area contributed by atoms with Crippen molar-refractivity contribution in [2.75, 3.05) is 44.6 Å². The van der Waals surface area contributed by atoms with E-state index in [0.29, 0.717) is 44.2 Å². The van der Waals surface area contributed by atoms with Crippen LogP contribution in [0.25, 0.3) is 5.69 Å². The smallest absolute Gasteiger partial charge is 0.295 e. The van der Waals surface area contributed by atoms with Crippen LogP contribution in [0.5, 0.6) is 0 Å². The maximum absolute atomic E-state index is 12.9. The van der Waals surface area contributed by atoms with Gasteiger partial charge in [0, 0.05) is 39.8 Å². The number of para-hydroxylation sites is 1. The lowest BCUT2D eigenvalue weighted by molar-refractivity contribution is -0.142. The van der Waals surface area contributed by atoms with E-state index in [1.165, 1.54) is 0 Å². The third-order valence-corrected chi connectivity index (χ3v) is 6.07. The lowest BCUT2D eigenvalue weighted by Gasteiger charge is -2.35. The number of carbonyl (C=O) groups is 2. The maximum atomic E-state index is 12.9. The first-order chi connectivity index (χ1) is 15.0. The molecular weight excluding hydrogens is 398 g/mol. The van der Waals surface area contributed by atoms with Gasteiger partial charge in [0.05, 0.1) is 17.9 Å². The van der Waals surface area contributed by atoms with Gasteiger partial charge in [0.1, 0.15) is 11.8 Å². The molecular formula is C22H29N5O4. The van der Waals surface area contributed by atoms with Crippen molar-refractivity contribution in [3.05, 3.63) is 46.4 Å². The highest BCUT2D eigenvalue weighted by atomic mass is 16.5. The molecule has 31 heavy (non-hydrogen) atoms. The zero-order chi connectivity index (χ0) is 22.0. The lowest BCUT2D eigenvalue weighted by Crippen LogP contribution is -2.52. The van der Waals surface area contributed by atoms with Crippen molar-refractivity contribution < 1.29 is 14.3 Å². The largest absolute Gasteiger partial charge is 0.368 e. The van der Waals surface area contributed by atoms with E-state index in [9.17, 15) is 14.4 Å². The van der Waals surface area contributed by atoms with Gasteiger partial charge in [-0.3, -0.25) is 24.0 Å². The molecule has 3 heterocycles. The Morgan fingerprint density at radius 2 is 1.84 bits per heavy atom. The van der Waals surface area contributed by atoms with E-state index >= 15 is 0 Å². The summed E-state index contributed by atoms with van der Waals surface area (Å²) in [5, 5.41) is 2.80. The highest BCUT2D eigenvalue weighted by molar-refractivity contribution is 5.92. The molecule has 0 aliphatic carbocycles. The Labute approximate surface area is 181 Å². The Kier molecular flexibility index (Phi) is 6.24. The summed E-state index contributed by atoms with van der Waals surface area (Å²) < 4.78 is 8.77. The number of amides is 2. The summed E-state index contributed by atoms with van der Waals surface area (Å²) in [6.07, 6.45) is 1.42. The molecule has 2 aromatic rings. The normalized spacial score (nSPS) is 19.5. The Morgan fingerprint density at radius 1 is 1.13 bits per heavy atom. The number of piperazine rings is 1. The molecule has 1 aromatic heterocycles. The number of benzene rings is 1. The zero-order valence-electron chi connectivity index (χ0n) is 18.0. The van der Waals surface area contributed by atoms with Gasteiger partial charge in [-0.25, -0.2) is 4.68 Å². The Hall–Kier alpha value is -2.91. The van der Waals surface area contributed by atoms with E-state index in [0.717, 1.165) is 18.5 Å². The molecule has 2 amide bonds. The van der Waals surface area contributed by atoms with Gasteiger partial charge in [0.2, 0.25) is 5.91 Å². The number of carbonyl (C=O) groups excluding carboxylic acids is 2. The van der Waals surface area contributed by atoms with Crippen molar-refractivity contribution in [1.29, 1.82) is 0 Å². The highest BCUT2D eigenvalue weighted by Gasteiger charge is 2.30. The van der Waals surface area contributed by atoms with Crippen LogP contribution in [-0.2, 0) is 21.4 Å². The van der Waals surface area contributed by atoms with Gasteiger partial charge < -0.3 is 15.0 Å². The first kappa shape index (κ1) is 21.3. The topological polar surface area (TPSA) is 88.8 Å². The monoisotopic (exact) mass is 427 g/mol. The molecule has 2 aliphatic heterocycles. The molecule has 0 radical (unpaired) electrons. The van der Waals surface area contributed by atoms with Crippen LogP contribution in [0.15, 0.2) is 35.1 Å². The Morgan fingerprint density at radius 3 is 2.48 bits per heavy atom. The molecule has 0 unspecified atom stereocenters. The molecule has 166 valence electrons. The van der Waals surface area contributed by atoms with E-state index < -0.39 is 0 Å². The van der Waals surface area contributed by atoms with Gasteiger partial charge in [-0.1, -0.05) is 18.2 Å². The summed E-state index contributed by atoms with van der Waals surface area (Å²) in [7, 11) is 1.80. The Balaban J connectivity index is 1.36. The second-order valence-corrected chi connectivity index (χ2v) is 8.09. The minimum Gasteiger partial charge on any atom is -0.368 e. The number of anilines is 1. The fourth-order valence-corrected chi connectivity index (χ4v) is 4.20. The summed E-state index contributed by atoms with van der Waals surface area (Å²) in [6, 6.07) is 9.33. The van der Waals surface area contributed by atoms with E-state index in [2.05, 4.69) is 5.32 Å². The van der Waals surface area contributed by atoms with E-state index in [1.54, 1.807) is 16.4 Å². The average Bonchev–Trinajstić information content (AvgIpc) is 3.38. The van der Waals surface area contributed by atoms with E-state index in [-0.39, 0.29) is 30.0 Å². The summed E-state index contributed by atoms with van der Waals surface area (Å²) in [6.45, 7) is 5.05. The van der Waals surface area contributed by atoms with Crippen molar-refractivity contribution in [2.24, 2.45) is 7.05 Å².